The zero-order valence-electron chi connectivity index (χ0n) is 13.7. The molecule has 3 aromatic rings. The highest BCUT2D eigenvalue weighted by Gasteiger charge is 2.30. The largest absolute Gasteiger partial charge is 0.416 e. The van der Waals surface area contributed by atoms with E-state index in [2.05, 4.69) is 15.4 Å². The van der Waals surface area contributed by atoms with Gasteiger partial charge in [0.25, 0.3) is 5.91 Å². The van der Waals surface area contributed by atoms with Gasteiger partial charge < -0.3 is 5.32 Å². The standard InChI is InChI=1S/C17H11Cl2F3N4O/c1-9-6-14(26(25-9)15-13(19)7-12(18)8-23-15)24-16(27)10-2-4-11(5-3-10)17(20,21)22/h2-8H,1H3,(H,24,27). The Labute approximate surface area is 161 Å². The highest BCUT2D eigenvalue weighted by atomic mass is 35.5. The van der Waals surface area contributed by atoms with Crippen molar-refractivity contribution < 1.29 is 18.0 Å². The molecule has 10 heteroatoms. The molecule has 0 unspecified atom stereocenters. The first-order chi connectivity index (χ1) is 12.6. The molecule has 2 aromatic heterocycles. The number of amides is 1. The van der Waals surface area contributed by atoms with Gasteiger partial charge >= 0.3 is 6.18 Å². The molecule has 27 heavy (non-hydrogen) atoms. The summed E-state index contributed by atoms with van der Waals surface area (Å²) < 4.78 is 39.2. The Morgan fingerprint density at radius 3 is 2.41 bits per heavy atom. The van der Waals surface area contributed by atoms with Gasteiger partial charge in [0, 0.05) is 17.8 Å². The first kappa shape index (κ1) is 19.2. The number of aromatic nitrogens is 3. The molecule has 140 valence electrons. The first-order valence-corrected chi connectivity index (χ1v) is 8.27. The van der Waals surface area contributed by atoms with Crippen molar-refractivity contribution in [3.63, 3.8) is 0 Å². The monoisotopic (exact) mass is 414 g/mol. The number of carbonyl (C=O) groups excluding carboxylic acids is 1. The molecule has 0 saturated carbocycles. The van der Waals surface area contributed by atoms with Crippen molar-refractivity contribution >= 4 is 34.9 Å². The molecule has 0 radical (unpaired) electrons. The van der Waals surface area contributed by atoms with Crippen LogP contribution in [0.25, 0.3) is 5.82 Å². The Balaban J connectivity index is 1.89. The Morgan fingerprint density at radius 2 is 1.81 bits per heavy atom. The lowest BCUT2D eigenvalue weighted by atomic mass is 10.1. The molecular formula is C17H11Cl2F3N4O. The van der Waals surface area contributed by atoms with Crippen LogP contribution in [0, 0.1) is 6.92 Å². The summed E-state index contributed by atoms with van der Waals surface area (Å²) in [6.45, 7) is 1.70. The molecule has 0 aliphatic carbocycles. The van der Waals surface area contributed by atoms with Gasteiger partial charge in [0.05, 0.1) is 21.3 Å². The maximum atomic E-state index is 12.6. The first-order valence-electron chi connectivity index (χ1n) is 7.52. The van der Waals surface area contributed by atoms with Crippen LogP contribution in [-0.4, -0.2) is 20.7 Å². The van der Waals surface area contributed by atoms with Crippen molar-refractivity contribution in [1.29, 1.82) is 0 Å². The van der Waals surface area contributed by atoms with Crippen LogP contribution in [0.2, 0.25) is 10.0 Å². The Hall–Kier alpha value is -2.58. The van der Waals surface area contributed by atoms with Crippen molar-refractivity contribution in [3.8, 4) is 5.82 Å². The number of carbonyl (C=O) groups is 1. The van der Waals surface area contributed by atoms with E-state index in [9.17, 15) is 18.0 Å². The number of halogens is 5. The van der Waals surface area contributed by atoms with E-state index in [-0.39, 0.29) is 22.2 Å². The maximum absolute atomic E-state index is 12.6. The third-order valence-electron chi connectivity index (χ3n) is 3.54. The fraction of sp³-hybridized carbons (Fsp3) is 0.118. The van der Waals surface area contributed by atoms with Crippen molar-refractivity contribution in [2.45, 2.75) is 13.1 Å². The Kier molecular flexibility index (Phi) is 5.12. The topological polar surface area (TPSA) is 59.8 Å². The van der Waals surface area contributed by atoms with Crippen molar-refractivity contribution in [2.75, 3.05) is 5.32 Å². The molecule has 2 heterocycles. The molecular weight excluding hydrogens is 404 g/mol. The van der Waals surface area contributed by atoms with Crippen LogP contribution in [0.5, 0.6) is 0 Å². The number of hydrogen-bond acceptors (Lipinski definition) is 3. The smallest absolute Gasteiger partial charge is 0.306 e. The minimum atomic E-state index is -4.47. The van der Waals surface area contributed by atoms with E-state index < -0.39 is 17.6 Å². The van der Waals surface area contributed by atoms with E-state index in [1.807, 2.05) is 0 Å². The second-order valence-electron chi connectivity index (χ2n) is 5.57. The predicted octanol–water partition coefficient (Wildman–Crippen LogP) is 5.15. The van der Waals surface area contributed by atoms with Crippen molar-refractivity contribution in [1.82, 2.24) is 14.8 Å². The second kappa shape index (κ2) is 7.21. The van der Waals surface area contributed by atoms with Gasteiger partial charge in [-0.15, -0.1) is 0 Å². The van der Waals surface area contributed by atoms with Gasteiger partial charge in [-0.05, 0) is 37.3 Å². The van der Waals surface area contributed by atoms with E-state index in [0.717, 1.165) is 24.3 Å². The number of rotatable bonds is 3. The summed E-state index contributed by atoms with van der Waals surface area (Å²) in [5, 5.41) is 7.38. The van der Waals surface area contributed by atoms with E-state index in [1.54, 1.807) is 13.0 Å². The Morgan fingerprint density at radius 1 is 1.15 bits per heavy atom. The minimum Gasteiger partial charge on any atom is -0.306 e. The van der Waals surface area contributed by atoms with Crippen LogP contribution >= 0.6 is 23.2 Å². The molecule has 1 N–H and O–H groups in total. The number of aryl methyl sites for hydroxylation is 1. The van der Waals surface area contributed by atoms with Crippen LogP contribution in [0.4, 0.5) is 19.0 Å². The quantitative estimate of drug-likeness (QED) is 0.644. The Bertz CT molecular complexity index is 1000. The molecule has 0 fully saturated rings. The molecule has 0 aliphatic rings. The SMILES string of the molecule is Cc1cc(NC(=O)c2ccc(C(F)(F)F)cc2)n(-c2ncc(Cl)cc2Cl)n1. The normalized spacial score (nSPS) is 11.5. The lowest BCUT2D eigenvalue weighted by molar-refractivity contribution is -0.137. The fourth-order valence-electron chi connectivity index (χ4n) is 2.31. The van der Waals surface area contributed by atoms with E-state index in [4.69, 9.17) is 23.2 Å². The lowest BCUT2D eigenvalue weighted by Gasteiger charge is -2.10. The van der Waals surface area contributed by atoms with Crippen LogP contribution in [0.3, 0.4) is 0 Å². The summed E-state index contributed by atoms with van der Waals surface area (Å²) in [6.07, 6.45) is -3.09. The zero-order valence-corrected chi connectivity index (χ0v) is 15.2. The molecule has 1 aromatic carbocycles. The van der Waals surface area contributed by atoms with Crippen molar-refractivity contribution in [2.24, 2.45) is 0 Å². The number of anilines is 1. The number of benzene rings is 1. The van der Waals surface area contributed by atoms with Gasteiger partial charge in [-0.1, -0.05) is 23.2 Å². The highest BCUT2D eigenvalue weighted by Crippen LogP contribution is 2.29. The van der Waals surface area contributed by atoms with Gasteiger partial charge in [0.2, 0.25) is 0 Å². The minimum absolute atomic E-state index is 0.0589. The fourth-order valence-corrected chi connectivity index (χ4v) is 2.77. The molecule has 0 saturated heterocycles. The van der Waals surface area contributed by atoms with Gasteiger partial charge in [-0.2, -0.15) is 23.0 Å². The number of pyridine rings is 1. The number of nitrogens with one attached hydrogen (secondary N) is 1. The van der Waals surface area contributed by atoms with Crippen LogP contribution in [-0.2, 0) is 6.18 Å². The number of nitrogens with zero attached hydrogens (tertiary/aromatic N) is 3. The zero-order chi connectivity index (χ0) is 19.8. The molecule has 3 rings (SSSR count). The number of hydrogen-bond donors (Lipinski definition) is 1. The third kappa shape index (κ3) is 4.23. The third-order valence-corrected chi connectivity index (χ3v) is 4.02. The highest BCUT2D eigenvalue weighted by molar-refractivity contribution is 6.35. The predicted molar refractivity (Wildman–Crippen MR) is 95.5 cm³/mol. The lowest BCUT2D eigenvalue weighted by Crippen LogP contribution is -2.16. The van der Waals surface area contributed by atoms with Gasteiger partial charge in [0.15, 0.2) is 5.82 Å². The van der Waals surface area contributed by atoms with Crippen LogP contribution in [0.15, 0.2) is 42.6 Å². The molecule has 5 nitrogen and oxygen atoms in total. The summed E-state index contributed by atoms with van der Waals surface area (Å²) in [4.78, 5) is 16.5. The van der Waals surface area contributed by atoms with E-state index in [0.29, 0.717) is 10.7 Å². The molecule has 1 amide bonds. The average molecular weight is 415 g/mol. The van der Waals surface area contributed by atoms with E-state index in [1.165, 1.54) is 16.9 Å². The summed E-state index contributed by atoms with van der Waals surface area (Å²) in [5.41, 5.74) is -0.203. The molecule has 0 atom stereocenters. The van der Waals surface area contributed by atoms with Gasteiger partial charge in [-0.25, -0.2) is 4.98 Å². The number of alkyl halides is 3. The summed E-state index contributed by atoms with van der Waals surface area (Å²) in [6, 6.07) is 6.93. The van der Waals surface area contributed by atoms with E-state index >= 15 is 0 Å². The van der Waals surface area contributed by atoms with Crippen LogP contribution in [0.1, 0.15) is 21.6 Å². The maximum Gasteiger partial charge on any atom is 0.416 e. The summed E-state index contributed by atoms with van der Waals surface area (Å²) in [7, 11) is 0. The second-order valence-corrected chi connectivity index (χ2v) is 6.41. The van der Waals surface area contributed by atoms with Crippen molar-refractivity contribution in [3.05, 3.63) is 69.5 Å². The summed E-state index contributed by atoms with van der Waals surface area (Å²) in [5.74, 6) is -0.0963. The molecule has 0 spiro atoms. The molecule has 0 aliphatic heterocycles. The molecule has 0 bridgehead atoms. The van der Waals surface area contributed by atoms with Gasteiger partial charge in [0.1, 0.15) is 5.82 Å². The van der Waals surface area contributed by atoms with Gasteiger partial charge in [-0.3, -0.25) is 4.79 Å². The average Bonchev–Trinajstić information content (AvgIpc) is 2.94. The summed E-state index contributed by atoms with van der Waals surface area (Å²) >= 11 is 12.0. The van der Waals surface area contributed by atoms with Crippen LogP contribution < -0.4 is 5.32 Å².